The van der Waals surface area contributed by atoms with Gasteiger partial charge in [0.1, 0.15) is 0 Å². The molecule has 1 aliphatic rings. The highest BCUT2D eigenvalue weighted by Gasteiger charge is 2.52. The number of nitriles is 1. The molecule has 1 aromatic rings. The molecule has 0 N–H and O–H groups in total. The molecule has 0 aromatic heterocycles. The molecule has 22 heavy (non-hydrogen) atoms. The van der Waals surface area contributed by atoms with Crippen molar-refractivity contribution in [3.63, 3.8) is 0 Å². The zero-order chi connectivity index (χ0) is 16.5. The Bertz CT molecular complexity index is 618. The average molecular weight is 301 g/mol. The normalized spacial score (nSPS) is 18.8. The molecule has 0 saturated carbocycles. The minimum Gasteiger partial charge on any atom is -0.465 e. The summed E-state index contributed by atoms with van der Waals surface area (Å²) in [6, 6.07) is 7.27. The fourth-order valence-corrected chi connectivity index (χ4v) is 2.27. The first-order valence-electron chi connectivity index (χ1n) is 7.15. The molecule has 1 fully saturated rings. The third kappa shape index (κ3) is 2.87. The van der Waals surface area contributed by atoms with Gasteiger partial charge in [0.05, 0.1) is 36.4 Å². The Morgan fingerprint density at radius 2 is 1.86 bits per heavy atom. The monoisotopic (exact) mass is 301 g/mol. The first kappa shape index (κ1) is 16.5. The third-order valence-corrected chi connectivity index (χ3v) is 4.31. The molecule has 1 aliphatic heterocycles. The minimum absolute atomic E-state index is 0.258. The van der Waals surface area contributed by atoms with E-state index in [0.29, 0.717) is 11.0 Å². The lowest BCUT2D eigenvalue weighted by Gasteiger charge is -2.32. The summed E-state index contributed by atoms with van der Waals surface area (Å²) in [6.45, 7) is 7.79. The van der Waals surface area contributed by atoms with Crippen molar-refractivity contribution in [1.82, 2.24) is 0 Å². The highest BCUT2D eigenvalue weighted by molar-refractivity contribution is 6.63. The average Bonchev–Trinajstić information content (AvgIpc) is 2.67. The molecule has 6 heteroatoms. The van der Waals surface area contributed by atoms with E-state index in [-0.39, 0.29) is 6.42 Å². The molecule has 1 aromatic carbocycles. The maximum atomic E-state index is 12.0. The fourth-order valence-electron chi connectivity index (χ4n) is 2.27. The standard InChI is InChI=1S/C16H20BNO4/c1-15(2)16(3,4)22-17(21-15)13-10-11(8-9-18)6-7-12(13)14(19)20-5/h6-7,10H,8H2,1-5H3. The van der Waals surface area contributed by atoms with Gasteiger partial charge in [-0.1, -0.05) is 12.1 Å². The predicted molar refractivity (Wildman–Crippen MR) is 82.8 cm³/mol. The predicted octanol–water partition coefficient (Wildman–Crippen LogP) is 1.84. The Morgan fingerprint density at radius 1 is 1.27 bits per heavy atom. The molecule has 1 heterocycles. The second-order valence-electron chi connectivity index (χ2n) is 6.34. The number of nitrogens with zero attached hydrogens (tertiary/aromatic N) is 1. The number of carbonyl (C=O) groups excluding carboxylic acids is 1. The first-order chi connectivity index (χ1) is 10.2. The Labute approximate surface area is 131 Å². The van der Waals surface area contributed by atoms with Crippen LogP contribution in [0.1, 0.15) is 43.6 Å². The van der Waals surface area contributed by atoms with Crippen LogP contribution in [0.4, 0.5) is 0 Å². The van der Waals surface area contributed by atoms with Gasteiger partial charge in [0.2, 0.25) is 0 Å². The Kier molecular flexibility index (Phi) is 4.32. The van der Waals surface area contributed by atoms with Crippen LogP contribution in [-0.2, 0) is 20.5 Å². The third-order valence-electron chi connectivity index (χ3n) is 4.31. The summed E-state index contributed by atoms with van der Waals surface area (Å²) in [5, 5.41) is 8.86. The Balaban J connectivity index is 2.46. The van der Waals surface area contributed by atoms with Crippen LogP contribution in [0.2, 0.25) is 0 Å². The van der Waals surface area contributed by atoms with E-state index >= 15 is 0 Å². The number of rotatable bonds is 3. The highest BCUT2D eigenvalue weighted by Crippen LogP contribution is 2.36. The van der Waals surface area contributed by atoms with Crippen molar-refractivity contribution in [3.8, 4) is 6.07 Å². The van der Waals surface area contributed by atoms with Crippen LogP contribution in [0.3, 0.4) is 0 Å². The van der Waals surface area contributed by atoms with Gasteiger partial charge in [-0.25, -0.2) is 4.79 Å². The number of methoxy groups -OCH3 is 1. The number of esters is 1. The lowest BCUT2D eigenvalue weighted by molar-refractivity contribution is 0.00578. The molecule has 0 bridgehead atoms. The van der Waals surface area contributed by atoms with Gasteiger partial charge in [-0.3, -0.25) is 0 Å². The van der Waals surface area contributed by atoms with Crippen LogP contribution in [0.15, 0.2) is 18.2 Å². The number of carbonyl (C=O) groups is 1. The zero-order valence-corrected chi connectivity index (χ0v) is 13.6. The highest BCUT2D eigenvalue weighted by atomic mass is 16.7. The molecule has 0 atom stereocenters. The van der Waals surface area contributed by atoms with Crippen LogP contribution in [0, 0.1) is 11.3 Å². The number of ether oxygens (including phenoxy) is 1. The lowest BCUT2D eigenvalue weighted by Crippen LogP contribution is -2.41. The van der Waals surface area contributed by atoms with Crippen molar-refractivity contribution >= 4 is 18.6 Å². The number of hydrogen-bond acceptors (Lipinski definition) is 5. The van der Waals surface area contributed by atoms with Crippen LogP contribution in [-0.4, -0.2) is 31.4 Å². The summed E-state index contributed by atoms with van der Waals surface area (Å²) in [5.74, 6) is -0.451. The molecule has 1 saturated heterocycles. The van der Waals surface area contributed by atoms with Crippen LogP contribution in [0.25, 0.3) is 0 Å². The minimum atomic E-state index is -0.669. The first-order valence-corrected chi connectivity index (χ1v) is 7.15. The Hall–Kier alpha value is -1.84. The molecule has 0 spiro atoms. The van der Waals surface area contributed by atoms with Gasteiger partial charge < -0.3 is 14.0 Å². The topological polar surface area (TPSA) is 68.6 Å². The smallest absolute Gasteiger partial charge is 0.465 e. The summed E-state index contributed by atoms with van der Waals surface area (Å²) in [4.78, 5) is 12.0. The zero-order valence-electron chi connectivity index (χ0n) is 13.6. The van der Waals surface area contributed by atoms with Crippen molar-refractivity contribution in [2.24, 2.45) is 0 Å². The summed E-state index contributed by atoms with van der Waals surface area (Å²) >= 11 is 0. The van der Waals surface area contributed by atoms with E-state index in [1.165, 1.54) is 7.11 Å². The summed E-state index contributed by atoms with van der Waals surface area (Å²) in [7, 11) is 0.664. The fraction of sp³-hybridized carbons (Fsp3) is 0.500. The van der Waals surface area contributed by atoms with Crippen LogP contribution >= 0.6 is 0 Å². The summed E-state index contributed by atoms with van der Waals surface area (Å²) in [5.41, 5.74) is 0.785. The van der Waals surface area contributed by atoms with E-state index in [1.807, 2.05) is 27.7 Å². The van der Waals surface area contributed by atoms with Crippen molar-refractivity contribution in [2.75, 3.05) is 7.11 Å². The van der Waals surface area contributed by atoms with Gasteiger partial charge in [-0.05, 0) is 44.8 Å². The number of benzene rings is 1. The maximum absolute atomic E-state index is 12.0. The maximum Gasteiger partial charge on any atom is 0.495 e. The molecule has 0 aliphatic carbocycles. The van der Waals surface area contributed by atoms with Crippen molar-refractivity contribution in [1.29, 1.82) is 5.26 Å². The second-order valence-corrected chi connectivity index (χ2v) is 6.34. The second kappa shape index (κ2) is 5.75. The van der Waals surface area contributed by atoms with E-state index in [9.17, 15) is 4.79 Å². The lowest BCUT2D eigenvalue weighted by atomic mass is 9.75. The van der Waals surface area contributed by atoms with E-state index in [1.54, 1.807) is 18.2 Å². The molecule has 0 unspecified atom stereocenters. The van der Waals surface area contributed by atoms with Crippen LogP contribution < -0.4 is 5.46 Å². The molecule has 0 radical (unpaired) electrons. The number of hydrogen-bond donors (Lipinski definition) is 0. The SMILES string of the molecule is COC(=O)c1ccc(CC#N)cc1B1OC(C)(C)C(C)(C)O1. The molecule has 5 nitrogen and oxygen atoms in total. The van der Waals surface area contributed by atoms with Gasteiger partial charge in [0.25, 0.3) is 0 Å². The molecule has 0 amide bonds. The van der Waals surface area contributed by atoms with Gasteiger partial charge in [-0.15, -0.1) is 0 Å². The van der Waals surface area contributed by atoms with Gasteiger partial charge in [0.15, 0.2) is 0 Å². The van der Waals surface area contributed by atoms with Crippen LogP contribution in [0.5, 0.6) is 0 Å². The largest absolute Gasteiger partial charge is 0.495 e. The van der Waals surface area contributed by atoms with Gasteiger partial charge in [-0.2, -0.15) is 5.26 Å². The van der Waals surface area contributed by atoms with Gasteiger partial charge in [0, 0.05) is 0 Å². The summed E-state index contributed by atoms with van der Waals surface area (Å²) < 4.78 is 16.8. The van der Waals surface area contributed by atoms with Crippen molar-refractivity contribution in [3.05, 3.63) is 29.3 Å². The molecular weight excluding hydrogens is 281 g/mol. The molecule has 2 rings (SSSR count). The van der Waals surface area contributed by atoms with E-state index in [2.05, 4.69) is 6.07 Å². The van der Waals surface area contributed by atoms with Gasteiger partial charge >= 0.3 is 13.1 Å². The summed E-state index contributed by atoms with van der Waals surface area (Å²) in [6.07, 6.45) is 0.258. The quantitative estimate of drug-likeness (QED) is 0.629. The van der Waals surface area contributed by atoms with E-state index in [4.69, 9.17) is 19.3 Å². The van der Waals surface area contributed by atoms with E-state index in [0.717, 1.165) is 5.56 Å². The Morgan fingerprint density at radius 3 is 2.36 bits per heavy atom. The molecule has 116 valence electrons. The van der Waals surface area contributed by atoms with E-state index < -0.39 is 24.3 Å². The van der Waals surface area contributed by atoms with Crippen molar-refractivity contribution < 1.29 is 18.8 Å². The molecular formula is C16H20BNO4. The van der Waals surface area contributed by atoms with Crippen molar-refractivity contribution in [2.45, 2.75) is 45.3 Å².